The van der Waals surface area contributed by atoms with E-state index in [1.54, 1.807) is 6.92 Å². The van der Waals surface area contributed by atoms with E-state index in [2.05, 4.69) is 88.4 Å². The molecule has 0 spiro atoms. The Labute approximate surface area is 170 Å². The van der Waals surface area contributed by atoms with Crippen LogP contribution in [0, 0.1) is 11.8 Å². The monoisotopic (exact) mass is 377 g/mol. The van der Waals surface area contributed by atoms with Crippen molar-refractivity contribution in [3.8, 4) is 0 Å². The maximum absolute atomic E-state index is 10.5. The summed E-state index contributed by atoms with van der Waals surface area (Å²) < 4.78 is 0. The Balaban J connectivity index is -0.0000000508. The van der Waals surface area contributed by atoms with Crippen molar-refractivity contribution in [2.45, 2.75) is 142 Å². The molecule has 1 amide bonds. The number of nitrogens with one attached hydrogen (secondary N) is 1. The Bertz CT molecular complexity index is 177. The lowest BCUT2D eigenvalue weighted by Crippen LogP contribution is -2.31. The molecule has 0 saturated carbocycles. The Morgan fingerprint density at radius 3 is 0.885 bits per heavy atom. The molecule has 0 atom stereocenters. The van der Waals surface area contributed by atoms with E-state index in [0.717, 1.165) is 24.7 Å². The third-order valence-electron chi connectivity index (χ3n) is 2.39. The SMILES string of the molecule is C.CC(C)C.CC(C)C.CCC(CC)NC(C)=O.CCCC.CCCC. The second-order valence-corrected chi connectivity index (χ2v) is 7.68. The summed E-state index contributed by atoms with van der Waals surface area (Å²) in [5.74, 6) is 1.74. The van der Waals surface area contributed by atoms with Gasteiger partial charge in [0.2, 0.25) is 5.91 Å². The lowest BCUT2D eigenvalue weighted by molar-refractivity contribution is -0.119. The van der Waals surface area contributed by atoms with Crippen LogP contribution in [0.15, 0.2) is 0 Å². The Morgan fingerprint density at radius 2 is 0.846 bits per heavy atom. The lowest BCUT2D eigenvalue weighted by atomic mass is 10.2. The first-order valence-corrected chi connectivity index (χ1v) is 10.8. The predicted octanol–water partition coefficient (Wildman–Crippen LogP) is 8.88. The van der Waals surface area contributed by atoms with E-state index in [-0.39, 0.29) is 13.3 Å². The van der Waals surface area contributed by atoms with E-state index in [1.807, 2.05) is 0 Å². The number of carbonyl (C=O) groups is 1. The van der Waals surface area contributed by atoms with Crippen LogP contribution < -0.4 is 5.32 Å². The summed E-state index contributed by atoms with van der Waals surface area (Å²) in [6.45, 7) is 27.4. The number of carbonyl (C=O) groups excluding carboxylic acids is 1. The topological polar surface area (TPSA) is 29.1 Å². The lowest BCUT2D eigenvalue weighted by Gasteiger charge is -2.11. The van der Waals surface area contributed by atoms with Gasteiger partial charge < -0.3 is 5.32 Å². The number of rotatable bonds is 5. The van der Waals surface area contributed by atoms with Crippen molar-refractivity contribution >= 4 is 5.91 Å². The van der Waals surface area contributed by atoms with Crippen molar-refractivity contribution < 1.29 is 4.79 Å². The summed E-state index contributed by atoms with van der Waals surface area (Å²) in [5.41, 5.74) is 0. The normalized spacial score (nSPS) is 8.46. The summed E-state index contributed by atoms with van der Waals surface area (Å²) in [6, 6.07) is 0.377. The first-order valence-electron chi connectivity index (χ1n) is 10.8. The summed E-state index contributed by atoms with van der Waals surface area (Å²) in [7, 11) is 0. The third-order valence-corrected chi connectivity index (χ3v) is 2.39. The van der Waals surface area contributed by atoms with Gasteiger partial charge in [-0.2, -0.15) is 0 Å². The largest absolute Gasteiger partial charge is 0.354 e. The second-order valence-electron chi connectivity index (χ2n) is 7.68. The van der Waals surface area contributed by atoms with Gasteiger partial charge in [-0.05, 0) is 24.7 Å². The maximum atomic E-state index is 10.5. The first-order chi connectivity index (χ1) is 11.5. The molecule has 0 rings (SSSR count). The van der Waals surface area contributed by atoms with Crippen LogP contribution in [0.4, 0.5) is 0 Å². The van der Waals surface area contributed by atoms with Crippen molar-refractivity contribution in [2.24, 2.45) is 11.8 Å². The van der Waals surface area contributed by atoms with E-state index in [4.69, 9.17) is 0 Å². The van der Waals surface area contributed by atoms with E-state index < -0.39 is 0 Å². The molecule has 0 aromatic heterocycles. The second kappa shape index (κ2) is 39.5. The highest BCUT2D eigenvalue weighted by molar-refractivity contribution is 5.73. The molecule has 0 radical (unpaired) electrons. The molecule has 0 heterocycles. The molecule has 166 valence electrons. The summed E-state index contributed by atoms with van der Waals surface area (Å²) in [5, 5.41) is 2.84. The van der Waals surface area contributed by atoms with Crippen LogP contribution in [-0.2, 0) is 4.79 Å². The zero-order chi connectivity index (χ0) is 21.3. The molecular weight excluding hydrogens is 318 g/mol. The van der Waals surface area contributed by atoms with Crippen LogP contribution in [-0.4, -0.2) is 11.9 Å². The first kappa shape index (κ1) is 40.2. The van der Waals surface area contributed by atoms with Crippen molar-refractivity contribution in [3.05, 3.63) is 0 Å². The van der Waals surface area contributed by atoms with Crippen LogP contribution in [0.1, 0.15) is 136 Å². The van der Waals surface area contributed by atoms with Crippen LogP contribution in [0.2, 0.25) is 0 Å². The van der Waals surface area contributed by atoms with Gasteiger partial charge in [0, 0.05) is 13.0 Å². The van der Waals surface area contributed by atoms with Crippen LogP contribution in [0.3, 0.4) is 0 Å². The molecule has 26 heavy (non-hydrogen) atoms. The van der Waals surface area contributed by atoms with E-state index in [1.165, 1.54) is 25.7 Å². The minimum Gasteiger partial charge on any atom is -0.354 e. The average molecular weight is 378 g/mol. The van der Waals surface area contributed by atoms with Gasteiger partial charge in [-0.25, -0.2) is 0 Å². The van der Waals surface area contributed by atoms with Crippen LogP contribution in [0.5, 0.6) is 0 Å². The molecule has 1 N–H and O–H groups in total. The maximum Gasteiger partial charge on any atom is 0.217 e. The van der Waals surface area contributed by atoms with Crippen molar-refractivity contribution in [1.82, 2.24) is 5.32 Å². The molecule has 0 aromatic carbocycles. The van der Waals surface area contributed by atoms with Crippen LogP contribution >= 0.6 is 0 Å². The van der Waals surface area contributed by atoms with Crippen molar-refractivity contribution in [3.63, 3.8) is 0 Å². The average Bonchev–Trinajstić information content (AvgIpc) is 2.51. The van der Waals surface area contributed by atoms with E-state index in [0.29, 0.717) is 6.04 Å². The molecule has 0 saturated heterocycles. The number of hydrogen-bond acceptors (Lipinski definition) is 1. The molecule has 2 heteroatoms. The van der Waals surface area contributed by atoms with Gasteiger partial charge in [-0.15, -0.1) is 0 Å². The quantitative estimate of drug-likeness (QED) is 0.509. The van der Waals surface area contributed by atoms with E-state index in [9.17, 15) is 4.79 Å². The summed E-state index contributed by atoms with van der Waals surface area (Å²) >= 11 is 0. The minimum atomic E-state index is 0. The molecular formula is C24H59NO. The fourth-order valence-electron chi connectivity index (χ4n) is 0.780. The van der Waals surface area contributed by atoms with Crippen molar-refractivity contribution in [1.29, 1.82) is 0 Å². The van der Waals surface area contributed by atoms with Gasteiger partial charge in [0.15, 0.2) is 0 Å². The molecule has 0 aliphatic carbocycles. The smallest absolute Gasteiger partial charge is 0.217 e. The zero-order valence-electron chi connectivity index (χ0n) is 20.4. The van der Waals surface area contributed by atoms with Gasteiger partial charge in [0.1, 0.15) is 0 Å². The summed E-state index contributed by atoms with van der Waals surface area (Å²) in [6.07, 6.45) is 7.33. The molecule has 0 bridgehead atoms. The van der Waals surface area contributed by atoms with Crippen LogP contribution in [0.25, 0.3) is 0 Å². The van der Waals surface area contributed by atoms with Gasteiger partial charge in [0.25, 0.3) is 0 Å². The number of amides is 1. The van der Waals surface area contributed by atoms with Gasteiger partial charge in [-0.1, -0.05) is 116 Å². The molecule has 0 aliphatic heterocycles. The van der Waals surface area contributed by atoms with E-state index >= 15 is 0 Å². The third kappa shape index (κ3) is 132. The highest BCUT2D eigenvalue weighted by Gasteiger charge is 2.01. The van der Waals surface area contributed by atoms with Gasteiger partial charge in [-0.3, -0.25) is 4.79 Å². The summed E-state index contributed by atoms with van der Waals surface area (Å²) in [4.78, 5) is 10.5. The zero-order valence-corrected chi connectivity index (χ0v) is 20.4. The molecule has 0 aliphatic rings. The predicted molar refractivity (Wildman–Crippen MR) is 127 cm³/mol. The van der Waals surface area contributed by atoms with Gasteiger partial charge >= 0.3 is 0 Å². The van der Waals surface area contributed by atoms with Crippen molar-refractivity contribution in [2.75, 3.05) is 0 Å². The molecule has 0 unspecified atom stereocenters. The highest BCUT2D eigenvalue weighted by Crippen LogP contribution is 1.94. The number of hydrogen-bond donors (Lipinski definition) is 1. The molecule has 0 fully saturated rings. The standard InChI is InChI=1S/C7H15NO.4C4H10.CH4/c1-4-7(5-2)8-6(3)9;2*1-4(2)3;2*1-3-4-2;/h7H,4-5H2,1-3H3,(H,8,9);2*4H,1-3H3;2*3-4H2,1-2H3;1H4. The van der Waals surface area contributed by atoms with Gasteiger partial charge in [0.05, 0.1) is 0 Å². The molecule has 0 aromatic rings. The fraction of sp³-hybridized carbons (Fsp3) is 0.958. The molecule has 2 nitrogen and oxygen atoms in total. The Morgan fingerprint density at radius 1 is 0.654 bits per heavy atom. The fourth-order valence-corrected chi connectivity index (χ4v) is 0.780. The Hall–Kier alpha value is -0.530. The highest BCUT2D eigenvalue weighted by atomic mass is 16.1. The Kier molecular flexibility index (Phi) is 61.1. The number of unbranched alkanes of at least 4 members (excludes halogenated alkanes) is 2. The minimum absolute atomic E-state index is 0.